The van der Waals surface area contributed by atoms with Crippen LogP contribution in [0.5, 0.6) is 0 Å². The van der Waals surface area contributed by atoms with Crippen LogP contribution >= 0.6 is 15.9 Å². The third-order valence-corrected chi connectivity index (χ3v) is 1.97. The molecule has 1 amide bonds. The molecule has 76 valence electrons. The largest absolute Gasteiger partial charge is 0.355 e. The van der Waals surface area contributed by atoms with Gasteiger partial charge in [0.15, 0.2) is 0 Å². The lowest BCUT2D eigenvalue weighted by Gasteiger charge is -2.15. The van der Waals surface area contributed by atoms with Crippen LogP contribution in [0.4, 0.5) is 0 Å². The Hall–Kier alpha value is -0.310. The van der Waals surface area contributed by atoms with E-state index in [0.29, 0.717) is 0 Å². The van der Waals surface area contributed by atoms with Crippen LogP contribution in [0.3, 0.4) is 0 Å². The van der Waals surface area contributed by atoms with Gasteiger partial charge in [-0.25, -0.2) is 0 Å². The van der Waals surface area contributed by atoms with Crippen LogP contribution in [-0.2, 0) is 4.79 Å². The Labute approximate surface area is 88.9 Å². The second-order valence-corrected chi connectivity index (χ2v) is 5.77. The summed E-state index contributed by atoms with van der Waals surface area (Å²) in [6.07, 6.45) is 1.94. The van der Waals surface area contributed by atoms with Crippen molar-refractivity contribution in [3.05, 3.63) is 12.2 Å². The molecule has 2 nitrogen and oxygen atoms in total. The molecule has 0 saturated heterocycles. The highest BCUT2D eigenvalue weighted by Gasteiger charge is 2.22. The zero-order valence-electron chi connectivity index (χ0n) is 8.61. The minimum atomic E-state index is -0.462. The van der Waals surface area contributed by atoms with Crippen molar-refractivity contribution >= 4 is 21.8 Å². The van der Waals surface area contributed by atoms with E-state index in [-0.39, 0.29) is 5.91 Å². The van der Waals surface area contributed by atoms with Crippen molar-refractivity contribution < 1.29 is 4.79 Å². The summed E-state index contributed by atoms with van der Waals surface area (Å²) in [7, 11) is 0. The predicted octanol–water partition coefficient (Wildman–Crippen LogP) is 2.63. The SMILES string of the molecule is C=C(C)CCCNC(=O)C(C)(C)Br. The fourth-order valence-electron chi connectivity index (χ4n) is 0.802. The van der Waals surface area contributed by atoms with E-state index < -0.39 is 4.32 Å². The first-order valence-electron chi connectivity index (χ1n) is 4.45. The molecule has 3 heteroatoms. The van der Waals surface area contributed by atoms with Crippen molar-refractivity contribution in [3.63, 3.8) is 0 Å². The van der Waals surface area contributed by atoms with Crippen LogP contribution in [0.1, 0.15) is 33.6 Å². The number of nitrogens with one attached hydrogen (secondary N) is 1. The normalized spacial score (nSPS) is 11.1. The van der Waals surface area contributed by atoms with Crippen molar-refractivity contribution in [1.29, 1.82) is 0 Å². The van der Waals surface area contributed by atoms with E-state index in [9.17, 15) is 4.79 Å². The second-order valence-electron chi connectivity index (χ2n) is 3.79. The molecular weight excluding hydrogens is 230 g/mol. The predicted molar refractivity (Wildman–Crippen MR) is 60.1 cm³/mol. The van der Waals surface area contributed by atoms with Gasteiger partial charge in [0.2, 0.25) is 5.91 Å². The molecule has 0 aliphatic rings. The van der Waals surface area contributed by atoms with Crippen LogP contribution in [-0.4, -0.2) is 16.8 Å². The van der Waals surface area contributed by atoms with E-state index in [1.165, 1.54) is 0 Å². The average Bonchev–Trinajstić information content (AvgIpc) is 1.95. The molecule has 0 fully saturated rings. The van der Waals surface area contributed by atoms with Gasteiger partial charge in [-0.05, 0) is 33.6 Å². The molecule has 0 aromatic carbocycles. The monoisotopic (exact) mass is 247 g/mol. The lowest BCUT2D eigenvalue weighted by Crippen LogP contribution is -2.37. The Balaban J connectivity index is 3.55. The summed E-state index contributed by atoms with van der Waals surface area (Å²) in [5.74, 6) is 0.0363. The zero-order valence-corrected chi connectivity index (χ0v) is 10.2. The Morgan fingerprint density at radius 2 is 2.08 bits per heavy atom. The number of carbonyl (C=O) groups excluding carboxylic acids is 1. The third-order valence-electron chi connectivity index (χ3n) is 1.61. The molecule has 13 heavy (non-hydrogen) atoms. The maximum Gasteiger partial charge on any atom is 0.236 e. The molecule has 0 bridgehead atoms. The number of allylic oxidation sites excluding steroid dienone is 1. The van der Waals surface area contributed by atoms with Crippen LogP contribution < -0.4 is 5.32 Å². The van der Waals surface area contributed by atoms with E-state index in [1.54, 1.807) is 0 Å². The molecule has 0 radical (unpaired) electrons. The lowest BCUT2D eigenvalue weighted by atomic mass is 10.2. The summed E-state index contributed by atoms with van der Waals surface area (Å²) in [6.45, 7) is 10.2. The summed E-state index contributed by atoms with van der Waals surface area (Å²) in [4.78, 5) is 11.3. The smallest absolute Gasteiger partial charge is 0.236 e. The van der Waals surface area contributed by atoms with Crippen molar-refractivity contribution in [2.45, 2.75) is 37.9 Å². The second kappa shape index (κ2) is 5.43. The molecule has 0 heterocycles. The molecule has 0 saturated carbocycles. The average molecular weight is 248 g/mol. The number of halogens is 1. The maximum absolute atomic E-state index is 11.3. The van der Waals surface area contributed by atoms with Crippen LogP contribution in [0, 0.1) is 0 Å². The fourth-order valence-corrected chi connectivity index (χ4v) is 0.942. The van der Waals surface area contributed by atoms with Crippen LogP contribution in [0.25, 0.3) is 0 Å². The first-order chi connectivity index (χ1) is 5.84. The summed E-state index contributed by atoms with van der Waals surface area (Å²) >= 11 is 3.30. The number of alkyl halides is 1. The molecule has 0 atom stereocenters. The Bertz CT molecular complexity index is 194. The number of hydrogen-bond acceptors (Lipinski definition) is 1. The quantitative estimate of drug-likeness (QED) is 0.452. The first-order valence-corrected chi connectivity index (χ1v) is 5.25. The summed E-state index contributed by atoms with van der Waals surface area (Å²) in [5, 5.41) is 2.85. The highest BCUT2D eigenvalue weighted by atomic mass is 79.9. The number of carbonyl (C=O) groups is 1. The lowest BCUT2D eigenvalue weighted by molar-refractivity contribution is -0.122. The molecule has 1 N–H and O–H groups in total. The van der Waals surface area contributed by atoms with E-state index in [2.05, 4.69) is 27.8 Å². The number of rotatable bonds is 5. The summed E-state index contributed by atoms with van der Waals surface area (Å²) in [5.41, 5.74) is 1.16. The van der Waals surface area contributed by atoms with E-state index >= 15 is 0 Å². The maximum atomic E-state index is 11.3. The third kappa shape index (κ3) is 6.82. The van der Waals surface area contributed by atoms with E-state index in [0.717, 1.165) is 25.0 Å². The van der Waals surface area contributed by atoms with Gasteiger partial charge in [-0.3, -0.25) is 4.79 Å². The molecule has 0 aromatic rings. The highest BCUT2D eigenvalue weighted by Crippen LogP contribution is 2.15. The highest BCUT2D eigenvalue weighted by molar-refractivity contribution is 9.10. The minimum Gasteiger partial charge on any atom is -0.355 e. The summed E-state index contributed by atoms with van der Waals surface area (Å²) in [6, 6.07) is 0. The van der Waals surface area contributed by atoms with E-state index in [4.69, 9.17) is 0 Å². The van der Waals surface area contributed by atoms with Crippen molar-refractivity contribution in [2.75, 3.05) is 6.54 Å². The Kier molecular flexibility index (Phi) is 5.30. The Morgan fingerprint density at radius 3 is 2.46 bits per heavy atom. The zero-order chi connectivity index (χ0) is 10.5. The van der Waals surface area contributed by atoms with Gasteiger partial charge in [-0.15, -0.1) is 6.58 Å². The van der Waals surface area contributed by atoms with Gasteiger partial charge >= 0.3 is 0 Å². The van der Waals surface area contributed by atoms with Gasteiger partial charge in [-0.2, -0.15) is 0 Å². The van der Waals surface area contributed by atoms with Gasteiger partial charge < -0.3 is 5.32 Å². The van der Waals surface area contributed by atoms with Gasteiger partial charge in [0.1, 0.15) is 0 Å². The molecule has 0 aromatic heterocycles. The number of amides is 1. The van der Waals surface area contributed by atoms with Crippen molar-refractivity contribution in [1.82, 2.24) is 5.32 Å². The first kappa shape index (κ1) is 12.7. The summed E-state index contributed by atoms with van der Waals surface area (Å²) < 4.78 is -0.462. The van der Waals surface area contributed by atoms with Gasteiger partial charge in [0.25, 0.3) is 0 Å². The standard InChI is InChI=1S/C10H18BrNO/c1-8(2)6-5-7-12-9(13)10(3,4)11/h1,5-7H2,2-4H3,(H,12,13). The molecular formula is C10H18BrNO. The van der Waals surface area contributed by atoms with Gasteiger partial charge in [0.05, 0.1) is 4.32 Å². The molecule has 0 aliphatic carbocycles. The molecule has 0 unspecified atom stereocenters. The van der Waals surface area contributed by atoms with Gasteiger partial charge in [-0.1, -0.05) is 21.5 Å². The van der Waals surface area contributed by atoms with Crippen molar-refractivity contribution in [2.24, 2.45) is 0 Å². The van der Waals surface area contributed by atoms with E-state index in [1.807, 2.05) is 20.8 Å². The molecule has 0 spiro atoms. The molecule has 0 aliphatic heterocycles. The van der Waals surface area contributed by atoms with Gasteiger partial charge in [0, 0.05) is 6.54 Å². The molecule has 0 rings (SSSR count). The number of hydrogen-bond donors (Lipinski definition) is 1. The van der Waals surface area contributed by atoms with Crippen LogP contribution in [0.15, 0.2) is 12.2 Å². The van der Waals surface area contributed by atoms with Crippen molar-refractivity contribution in [3.8, 4) is 0 Å². The topological polar surface area (TPSA) is 29.1 Å². The fraction of sp³-hybridized carbons (Fsp3) is 0.700. The Morgan fingerprint density at radius 1 is 1.54 bits per heavy atom. The van der Waals surface area contributed by atoms with Crippen LogP contribution in [0.2, 0.25) is 0 Å². The minimum absolute atomic E-state index is 0.0363.